The standard InChI is InChI=1S/C26H35N3O3/c1-31-24-13-12-21(16-25(24)32-2)17-27-26(30)19-29-15-7-11-23(29)22-10-6-14-28(22)18-20-8-4-3-5-9-20/h3-5,8-9,12-13,16,22-23H,6-7,10-11,14-15,17-19H2,1-2H3,(H,27,30). The van der Waals surface area contributed by atoms with Crippen LogP contribution in [-0.4, -0.2) is 61.6 Å². The van der Waals surface area contributed by atoms with Gasteiger partial charge in [0, 0.05) is 25.2 Å². The van der Waals surface area contributed by atoms with Crippen molar-refractivity contribution >= 4 is 5.91 Å². The summed E-state index contributed by atoms with van der Waals surface area (Å²) in [6, 6.07) is 17.5. The van der Waals surface area contributed by atoms with Gasteiger partial charge in [-0.05, 0) is 62.0 Å². The number of carbonyl (C=O) groups is 1. The number of methoxy groups -OCH3 is 2. The lowest BCUT2D eigenvalue weighted by Crippen LogP contribution is -2.48. The van der Waals surface area contributed by atoms with Crippen molar-refractivity contribution in [3.63, 3.8) is 0 Å². The molecule has 2 aliphatic rings. The number of benzene rings is 2. The van der Waals surface area contributed by atoms with Crippen LogP contribution in [0.4, 0.5) is 0 Å². The summed E-state index contributed by atoms with van der Waals surface area (Å²) in [4.78, 5) is 17.8. The molecule has 2 aliphatic heterocycles. The van der Waals surface area contributed by atoms with Crippen LogP contribution in [0.2, 0.25) is 0 Å². The maximum Gasteiger partial charge on any atom is 0.234 e. The molecule has 1 N–H and O–H groups in total. The molecule has 0 saturated carbocycles. The molecule has 32 heavy (non-hydrogen) atoms. The number of likely N-dealkylation sites (tertiary alicyclic amines) is 2. The van der Waals surface area contributed by atoms with Crippen LogP contribution in [0, 0.1) is 0 Å². The second-order valence-corrected chi connectivity index (χ2v) is 8.81. The zero-order valence-corrected chi connectivity index (χ0v) is 19.3. The summed E-state index contributed by atoms with van der Waals surface area (Å²) in [5, 5.41) is 3.09. The lowest BCUT2D eigenvalue weighted by Gasteiger charge is -2.34. The van der Waals surface area contributed by atoms with Gasteiger partial charge in [0.1, 0.15) is 0 Å². The molecule has 2 atom stereocenters. The Morgan fingerprint density at radius 1 is 0.906 bits per heavy atom. The van der Waals surface area contributed by atoms with Crippen LogP contribution < -0.4 is 14.8 Å². The molecular weight excluding hydrogens is 402 g/mol. The highest BCUT2D eigenvalue weighted by atomic mass is 16.5. The number of amides is 1. The molecule has 172 valence electrons. The lowest BCUT2D eigenvalue weighted by atomic mass is 10.0. The van der Waals surface area contributed by atoms with Gasteiger partial charge < -0.3 is 14.8 Å². The Morgan fingerprint density at radius 2 is 1.59 bits per heavy atom. The summed E-state index contributed by atoms with van der Waals surface area (Å²) in [5.41, 5.74) is 2.37. The summed E-state index contributed by atoms with van der Waals surface area (Å²) >= 11 is 0. The van der Waals surface area contributed by atoms with E-state index in [9.17, 15) is 4.79 Å². The minimum atomic E-state index is 0.0827. The summed E-state index contributed by atoms with van der Waals surface area (Å²) in [7, 11) is 3.24. The van der Waals surface area contributed by atoms with Crippen LogP contribution in [0.3, 0.4) is 0 Å². The quantitative estimate of drug-likeness (QED) is 0.651. The highest BCUT2D eigenvalue weighted by molar-refractivity contribution is 5.78. The van der Waals surface area contributed by atoms with Gasteiger partial charge in [-0.1, -0.05) is 36.4 Å². The Balaban J connectivity index is 1.32. The van der Waals surface area contributed by atoms with Gasteiger partial charge in [0.05, 0.1) is 20.8 Å². The van der Waals surface area contributed by atoms with Crippen molar-refractivity contribution in [3.8, 4) is 11.5 Å². The van der Waals surface area contributed by atoms with E-state index in [0.29, 0.717) is 36.7 Å². The van der Waals surface area contributed by atoms with Crippen LogP contribution in [0.25, 0.3) is 0 Å². The Labute approximate surface area is 191 Å². The Hall–Kier alpha value is -2.57. The van der Waals surface area contributed by atoms with Gasteiger partial charge in [-0.2, -0.15) is 0 Å². The minimum Gasteiger partial charge on any atom is -0.493 e. The van der Waals surface area contributed by atoms with E-state index in [4.69, 9.17) is 9.47 Å². The van der Waals surface area contributed by atoms with Crippen molar-refractivity contribution in [3.05, 3.63) is 59.7 Å². The van der Waals surface area contributed by atoms with E-state index in [1.54, 1.807) is 14.2 Å². The fourth-order valence-electron chi connectivity index (χ4n) is 5.22. The number of hydrogen-bond donors (Lipinski definition) is 1. The molecular formula is C26H35N3O3. The van der Waals surface area contributed by atoms with Crippen LogP contribution in [0.1, 0.15) is 36.8 Å². The molecule has 6 nitrogen and oxygen atoms in total. The molecule has 2 aromatic carbocycles. The van der Waals surface area contributed by atoms with E-state index in [2.05, 4.69) is 45.4 Å². The third kappa shape index (κ3) is 5.43. The van der Waals surface area contributed by atoms with Crippen LogP contribution in [-0.2, 0) is 17.9 Å². The smallest absolute Gasteiger partial charge is 0.234 e. The van der Waals surface area contributed by atoms with Crippen LogP contribution in [0.15, 0.2) is 48.5 Å². The van der Waals surface area contributed by atoms with Crippen molar-refractivity contribution in [2.24, 2.45) is 0 Å². The molecule has 0 radical (unpaired) electrons. The first-order valence-corrected chi connectivity index (χ1v) is 11.7. The van der Waals surface area contributed by atoms with Crippen molar-refractivity contribution in [1.82, 2.24) is 15.1 Å². The lowest BCUT2D eigenvalue weighted by molar-refractivity contribution is -0.122. The molecule has 2 heterocycles. The number of rotatable bonds is 9. The average Bonchev–Trinajstić information content (AvgIpc) is 3.47. The Bertz CT molecular complexity index is 889. The van der Waals surface area contributed by atoms with Gasteiger partial charge in [-0.25, -0.2) is 0 Å². The first kappa shape index (κ1) is 22.6. The van der Waals surface area contributed by atoms with Gasteiger partial charge in [0.2, 0.25) is 5.91 Å². The molecule has 4 rings (SSSR count). The fourth-order valence-corrected chi connectivity index (χ4v) is 5.22. The Kier molecular flexibility index (Phi) is 7.66. The molecule has 1 amide bonds. The zero-order chi connectivity index (χ0) is 22.3. The number of nitrogens with zero attached hydrogens (tertiary/aromatic N) is 2. The van der Waals surface area contributed by atoms with E-state index in [-0.39, 0.29) is 5.91 Å². The monoisotopic (exact) mass is 437 g/mol. The van der Waals surface area contributed by atoms with E-state index in [1.807, 2.05) is 18.2 Å². The van der Waals surface area contributed by atoms with Crippen molar-refractivity contribution in [2.45, 2.75) is 50.9 Å². The molecule has 2 fully saturated rings. The summed E-state index contributed by atoms with van der Waals surface area (Å²) in [6.07, 6.45) is 4.82. The van der Waals surface area contributed by atoms with Gasteiger partial charge in [0.25, 0.3) is 0 Å². The third-order valence-electron chi connectivity index (χ3n) is 6.79. The molecule has 0 spiro atoms. The second kappa shape index (κ2) is 10.8. The molecule has 2 aromatic rings. The zero-order valence-electron chi connectivity index (χ0n) is 19.3. The summed E-state index contributed by atoms with van der Waals surface area (Å²) in [5.74, 6) is 1.46. The fraction of sp³-hybridized carbons (Fsp3) is 0.500. The number of hydrogen-bond acceptors (Lipinski definition) is 5. The van der Waals surface area contributed by atoms with E-state index in [1.165, 1.54) is 31.2 Å². The average molecular weight is 438 g/mol. The van der Waals surface area contributed by atoms with E-state index >= 15 is 0 Å². The van der Waals surface area contributed by atoms with Crippen molar-refractivity contribution in [1.29, 1.82) is 0 Å². The van der Waals surface area contributed by atoms with Crippen molar-refractivity contribution < 1.29 is 14.3 Å². The number of ether oxygens (including phenoxy) is 2. The highest BCUT2D eigenvalue weighted by Crippen LogP contribution is 2.31. The first-order valence-electron chi connectivity index (χ1n) is 11.7. The molecule has 0 aromatic heterocycles. The van der Waals surface area contributed by atoms with E-state index < -0.39 is 0 Å². The SMILES string of the molecule is COc1ccc(CNC(=O)CN2CCCC2C2CCCN2Cc2ccccc2)cc1OC. The second-order valence-electron chi connectivity index (χ2n) is 8.81. The Morgan fingerprint density at radius 3 is 2.31 bits per heavy atom. The molecule has 0 aliphatic carbocycles. The maximum absolute atomic E-state index is 12.8. The molecule has 6 heteroatoms. The van der Waals surface area contributed by atoms with Gasteiger partial charge in [0.15, 0.2) is 11.5 Å². The predicted octanol–water partition coefficient (Wildman–Crippen LogP) is 3.45. The largest absolute Gasteiger partial charge is 0.493 e. The highest BCUT2D eigenvalue weighted by Gasteiger charge is 2.38. The summed E-state index contributed by atoms with van der Waals surface area (Å²) in [6.45, 7) is 4.11. The number of carbonyl (C=O) groups excluding carboxylic acids is 1. The van der Waals surface area contributed by atoms with Crippen LogP contribution >= 0.6 is 0 Å². The summed E-state index contributed by atoms with van der Waals surface area (Å²) < 4.78 is 10.7. The predicted molar refractivity (Wildman–Crippen MR) is 126 cm³/mol. The molecule has 2 saturated heterocycles. The maximum atomic E-state index is 12.8. The molecule has 0 bridgehead atoms. The van der Waals surface area contributed by atoms with Crippen molar-refractivity contribution in [2.75, 3.05) is 33.9 Å². The third-order valence-corrected chi connectivity index (χ3v) is 6.79. The first-order chi connectivity index (χ1) is 15.7. The van der Waals surface area contributed by atoms with Gasteiger partial charge in [-0.3, -0.25) is 14.6 Å². The van der Waals surface area contributed by atoms with E-state index in [0.717, 1.165) is 25.2 Å². The van der Waals surface area contributed by atoms with Gasteiger partial charge >= 0.3 is 0 Å². The van der Waals surface area contributed by atoms with Gasteiger partial charge in [-0.15, -0.1) is 0 Å². The van der Waals surface area contributed by atoms with Crippen LogP contribution in [0.5, 0.6) is 11.5 Å². The minimum absolute atomic E-state index is 0.0827. The topological polar surface area (TPSA) is 54.0 Å². The molecule has 2 unspecified atom stereocenters. The number of nitrogens with one attached hydrogen (secondary N) is 1. The normalized spacial score (nSPS) is 21.6.